The van der Waals surface area contributed by atoms with Gasteiger partial charge in [-0.25, -0.2) is 0 Å². The Morgan fingerprint density at radius 2 is 1.68 bits per heavy atom. The maximum absolute atomic E-state index is 13.5. The van der Waals surface area contributed by atoms with Crippen molar-refractivity contribution in [2.75, 3.05) is 36.4 Å². The molecule has 1 fully saturated rings. The third kappa shape index (κ3) is 4.81. The minimum atomic E-state index is -0.500. The van der Waals surface area contributed by atoms with Gasteiger partial charge in [0.1, 0.15) is 6.04 Å². The van der Waals surface area contributed by atoms with Crippen LogP contribution < -0.4 is 10.2 Å². The van der Waals surface area contributed by atoms with Gasteiger partial charge in [-0.2, -0.15) is 10.4 Å². The van der Waals surface area contributed by atoms with Crippen molar-refractivity contribution in [3.05, 3.63) is 83.6 Å². The Kier molecular flexibility index (Phi) is 6.08. The second-order valence-corrected chi connectivity index (χ2v) is 7.52. The molecule has 0 bridgehead atoms. The predicted octanol–water partition coefficient (Wildman–Crippen LogP) is 3.16. The zero-order chi connectivity index (χ0) is 21.6. The summed E-state index contributed by atoms with van der Waals surface area (Å²) in [5.41, 5.74) is 3.18. The van der Waals surface area contributed by atoms with Gasteiger partial charge in [0.05, 0.1) is 17.3 Å². The third-order valence-electron chi connectivity index (χ3n) is 5.40. The summed E-state index contributed by atoms with van der Waals surface area (Å²) in [4.78, 5) is 17.5. The summed E-state index contributed by atoms with van der Waals surface area (Å²) in [5.74, 6) is 0.873. The topological polar surface area (TPSA) is 85.1 Å². The van der Waals surface area contributed by atoms with Crippen LogP contribution in [0, 0.1) is 18.3 Å². The monoisotopic (exact) mass is 412 g/mol. The first-order valence-electron chi connectivity index (χ1n) is 10.3. The predicted molar refractivity (Wildman–Crippen MR) is 120 cm³/mol. The van der Waals surface area contributed by atoms with E-state index < -0.39 is 6.04 Å². The number of anilines is 2. The normalized spacial score (nSPS) is 14.6. The Balaban J connectivity index is 1.48. The van der Waals surface area contributed by atoms with Gasteiger partial charge in [-0.1, -0.05) is 30.3 Å². The molecule has 0 aliphatic carbocycles. The summed E-state index contributed by atoms with van der Waals surface area (Å²) in [6.45, 7) is 4.57. The minimum Gasteiger partial charge on any atom is -0.370 e. The average molecular weight is 412 g/mol. The summed E-state index contributed by atoms with van der Waals surface area (Å²) in [6, 6.07) is 22.4. The number of nitrogens with zero attached hydrogens (tertiary/aromatic N) is 5. The van der Waals surface area contributed by atoms with Crippen molar-refractivity contribution in [3.8, 4) is 6.07 Å². The highest BCUT2D eigenvalue weighted by Gasteiger charge is 2.29. The summed E-state index contributed by atoms with van der Waals surface area (Å²) in [7, 11) is 0. The third-order valence-corrected chi connectivity index (χ3v) is 5.40. The van der Waals surface area contributed by atoms with Crippen molar-refractivity contribution in [3.63, 3.8) is 0 Å². The largest absolute Gasteiger partial charge is 0.370 e. The molecule has 0 spiro atoms. The zero-order valence-electron chi connectivity index (χ0n) is 17.4. The summed E-state index contributed by atoms with van der Waals surface area (Å²) in [6.07, 6.45) is 0. The van der Waals surface area contributed by atoms with Gasteiger partial charge in [-0.3, -0.25) is 4.79 Å². The molecule has 1 aliphatic heterocycles. The molecule has 1 aromatic heterocycles. The second-order valence-electron chi connectivity index (χ2n) is 7.52. The average Bonchev–Trinajstić information content (AvgIpc) is 2.84. The number of hydrogen-bond acceptors (Lipinski definition) is 6. The van der Waals surface area contributed by atoms with Crippen molar-refractivity contribution in [1.29, 1.82) is 5.26 Å². The Bertz CT molecular complexity index is 1050. The molecule has 1 saturated heterocycles. The number of rotatable bonds is 5. The number of hydrogen-bond donors (Lipinski definition) is 1. The van der Waals surface area contributed by atoms with Crippen LogP contribution in [0.5, 0.6) is 0 Å². The summed E-state index contributed by atoms with van der Waals surface area (Å²) >= 11 is 0. The van der Waals surface area contributed by atoms with Crippen LogP contribution in [0.1, 0.15) is 22.9 Å². The molecule has 7 heteroatoms. The highest BCUT2D eigenvalue weighted by atomic mass is 16.2. The fourth-order valence-corrected chi connectivity index (χ4v) is 3.64. The lowest BCUT2D eigenvalue weighted by atomic mass is 10.0. The van der Waals surface area contributed by atoms with Crippen molar-refractivity contribution in [2.45, 2.75) is 13.0 Å². The molecule has 7 nitrogen and oxygen atoms in total. The Hall–Kier alpha value is -3.92. The molecule has 156 valence electrons. The molecule has 0 saturated carbocycles. The molecule has 2 heterocycles. The van der Waals surface area contributed by atoms with Crippen LogP contribution in [0.3, 0.4) is 0 Å². The van der Waals surface area contributed by atoms with E-state index in [1.54, 1.807) is 12.1 Å². The molecular weight excluding hydrogens is 388 g/mol. The first-order chi connectivity index (χ1) is 15.1. The van der Waals surface area contributed by atoms with Crippen LogP contribution in [0.15, 0.2) is 66.7 Å². The molecule has 2 aromatic carbocycles. The number of carbonyl (C=O) groups excluding carboxylic acids is 1. The van der Waals surface area contributed by atoms with Crippen LogP contribution in [0.4, 0.5) is 11.5 Å². The molecule has 31 heavy (non-hydrogen) atoms. The van der Waals surface area contributed by atoms with E-state index in [0.29, 0.717) is 31.7 Å². The van der Waals surface area contributed by atoms with E-state index >= 15 is 0 Å². The van der Waals surface area contributed by atoms with E-state index in [-0.39, 0.29) is 5.91 Å². The van der Waals surface area contributed by atoms with Gasteiger partial charge in [0.25, 0.3) is 0 Å². The van der Waals surface area contributed by atoms with Crippen molar-refractivity contribution < 1.29 is 4.79 Å². The van der Waals surface area contributed by atoms with Gasteiger partial charge in [0.15, 0.2) is 5.82 Å². The van der Waals surface area contributed by atoms with E-state index in [1.165, 1.54) is 0 Å². The van der Waals surface area contributed by atoms with E-state index in [4.69, 9.17) is 5.26 Å². The minimum absolute atomic E-state index is 0.0326. The lowest BCUT2D eigenvalue weighted by Crippen LogP contribution is -2.51. The Morgan fingerprint density at radius 1 is 0.968 bits per heavy atom. The Morgan fingerprint density at radius 3 is 2.29 bits per heavy atom. The number of carbonyl (C=O) groups is 1. The van der Waals surface area contributed by atoms with Crippen LogP contribution >= 0.6 is 0 Å². The first-order valence-corrected chi connectivity index (χ1v) is 10.3. The lowest BCUT2D eigenvalue weighted by molar-refractivity contribution is -0.132. The maximum Gasteiger partial charge on any atom is 0.249 e. The number of nitriles is 1. The Labute approximate surface area is 181 Å². The first kappa shape index (κ1) is 20.4. The summed E-state index contributed by atoms with van der Waals surface area (Å²) in [5, 5.41) is 20.8. The van der Waals surface area contributed by atoms with Crippen molar-refractivity contribution in [2.24, 2.45) is 0 Å². The van der Waals surface area contributed by atoms with Gasteiger partial charge >= 0.3 is 0 Å². The van der Waals surface area contributed by atoms with Crippen LogP contribution in [0.25, 0.3) is 0 Å². The van der Waals surface area contributed by atoms with Gasteiger partial charge < -0.3 is 15.1 Å². The molecule has 1 aliphatic rings. The molecule has 3 aromatic rings. The molecule has 1 amide bonds. The second kappa shape index (κ2) is 9.26. The lowest BCUT2D eigenvalue weighted by Gasteiger charge is -2.37. The highest BCUT2D eigenvalue weighted by Crippen LogP contribution is 2.23. The summed E-state index contributed by atoms with van der Waals surface area (Å²) < 4.78 is 0. The smallest absolute Gasteiger partial charge is 0.249 e. The standard InChI is InChI=1S/C24H24N6O/c1-18-7-12-22(28-27-18)29-13-15-30(16-14-29)24(31)23(20-5-3-2-4-6-20)26-21-10-8-19(17-25)9-11-21/h2-12,23,26H,13-16H2,1H3. The number of aromatic nitrogens is 2. The quantitative estimate of drug-likeness (QED) is 0.693. The number of aryl methyl sites for hydroxylation is 1. The van der Waals surface area contributed by atoms with Gasteiger partial charge in [-0.05, 0) is 48.9 Å². The highest BCUT2D eigenvalue weighted by molar-refractivity contribution is 5.86. The van der Waals surface area contributed by atoms with Crippen LogP contribution in [0.2, 0.25) is 0 Å². The number of nitrogens with one attached hydrogen (secondary N) is 1. The van der Waals surface area contributed by atoms with Crippen molar-refractivity contribution in [1.82, 2.24) is 15.1 Å². The number of benzene rings is 2. The van der Waals surface area contributed by atoms with Gasteiger partial charge in [0, 0.05) is 31.9 Å². The van der Waals surface area contributed by atoms with Crippen molar-refractivity contribution >= 4 is 17.4 Å². The molecule has 1 unspecified atom stereocenters. The van der Waals surface area contributed by atoms with E-state index in [0.717, 1.165) is 22.8 Å². The molecule has 1 N–H and O–H groups in total. The van der Waals surface area contributed by atoms with Crippen LogP contribution in [-0.4, -0.2) is 47.2 Å². The van der Waals surface area contributed by atoms with Crippen LogP contribution in [-0.2, 0) is 4.79 Å². The van der Waals surface area contributed by atoms with E-state index in [1.807, 2.05) is 66.4 Å². The SMILES string of the molecule is Cc1ccc(N2CCN(C(=O)C(Nc3ccc(C#N)cc3)c3ccccc3)CC2)nn1. The zero-order valence-corrected chi connectivity index (χ0v) is 17.4. The van der Waals surface area contributed by atoms with E-state index in [9.17, 15) is 4.79 Å². The molecule has 1 atom stereocenters. The number of amides is 1. The van der Waals surface area contributed by atoms with Gasteiger partial charge in [-0.15, -0.1) is 5.10 Å². The number of piperazine rings is 1. The fraction of sp³-hybridized carbons (Fsp3) is 0.250. The fourth-order valence-electron chi connectivity index (χ4n) is 3.64. The molecular formula is C24H24N6O. The van der Waals surface area contributed by atoms with Gasteiger partial charge in [0.2, 0.25) is 5.91 Å². The maximum atomic E-state index is 13.5. The molecule has 4 rings (SSSR count). The van der Waals surface area contributed by atoms with E-state index in [2.05, 4.69) is 26.5 Å². The molecule has 0 radical (unpaired) electrons.